The van der Waals surface area contributed by atoms with Crippen LogP contribution in [0.4, 0.5) is 22.7 Å². The number of amidine groups is 1. The van der Waals surface area contributed by atoms with Crippen molar-refractivity contribution in [3.63, 3.8) is 0 Å². The van der Waals surface area contributed by atoms with Crippen LogP contribution in [-0.4, -0.2) is 41.5 Å². The molecular formula is C54H70Cl4N6O5. The van der Waals surface area contributed by atoms with Crippen molar-refractivity contribution in [3.05, 3.63) is 98.5 Å². The molecular weight excluding hydrogens is 954 g/mol. The fraction of sp³-hybridized carbons (Fsp3) is 0.500. The molecule has 4 aromatic carbocycles. The van der Waals surface area contributed by atoms with Crippen LogP contribution < -0.4 is 25.2 Å². The number of hydrogen-bond donors (Lipinski definition) is 3. The minimum absolute atomic E-state index is 0.0810. The van der Waals surface area contributed by atoms with E-state index in [9.17, 15) is 14.7 Å². The molecule has 0 saturated carbocycles. The lowest BCUT2D eigenvalue weighted by Gasteiger charge is -2.20. The summed E-state index contributed by atoms with van der Waals surface area (Å²) in [4.78, 5) is 32.9. The highest BCUT2D eigenvalue weighted by Gasteiger charge is 2.41. The van der Waals surface area contributed by atoms with Gasteiger partial charge in [-0.25, -0.2) is 10.0 Å². The van der Waals surface area contributed by atoms with Gasteiger partial charge in [0.1, 0.15) is 22.9 Å². The van der Waals surface area contributed by atoms with Gasteiger partial charge in [0.2, 0.25) is 6.04 Å². The van der Waals surface area contributed by atoms with E-state index in [-0.39, 0.29) is 43.9 Å². The molecule has 15 heteroatoms. The van der Waals surface area contributed by atoms with Gasteiger partial charge in [0.25, 0.3) is 11.8 Å². The summed E-state index contributed by atoms with van der Waals surface area (Å²) in [6.45, 7) is 6.88. The number of amides is 2. The molecule has 2 unspecified atom stereocenters. The van der Waals surface area contributed by atoms with Crippen LogP contribution >= 0.6 is 46.4 Å². The summed E-state index contributed by atoms with van der Waals surface area (Å²) in [7, 11) is 0. The lowest BCUT2D eigenvalue weighted by molar-refractivity contribution is -0.123. The monoisotopic (exact) mass is 1020 g/mol. The number of halogens is 4. The van der Waals surface area contributed by atoms with Crippen molar-refractivity contribution in [1.29, 1.82) is 0 Å². The Balaban J connectivity index is 1.28. The predicted molar refractivity (Wildman–Crippen MR) is 285 cm³/mol. The first kappa shape index (κ1) is 55.4. The number of nitrogens with one attached hydrogen (secondary N) is 2. The second-order valence-electron chi connectivity index (χ2n) is 17.8. The van der Waals surface area contributed by atoms with E-state index >= 15 is 0 Å². The van der Waals surface area contributed by atoms with E-state index < -0.39 is 18.1 Å². The Hall–Kier alpha value is -4.55. The second-order valence-corrected chi connectivity index (χ2v) is 19.5. The van der Waals surface area contributed by atoms with Crippen molar-refractivity contribution in [3.8, 4) is 17.2 Å². The number of unbranched alkanes of at least 4 members (excludes halogenated alkanes) is 18. The molecule has 1 heterocycles. The Labute approximate surface area is 429 Å². The smallest absolute Gasteiger partial charge is 0.280 e. The van der Waals surface area contributed by atoms with Gasteiger partial charge < -0.3 is 19.9 Å². The molecule has 0 spiro atoms. The highest BCUT2D eigenvalue weighted by molar-refractivity contribution is 6.43. The molecule has 1 aliphatic heterocycles. The third kappa shape index (κ3) is 18.6. The van der Waals surface area contributed by atoms with E-state index in [1.54, 1.807) is 55.5 Å². The Morgan fingerprint density at radius 1 is 0.710 bits per heavy atom. The van der Waals surface area contributed by atoms with Gasteiger partial charge in [0.15, 0.2) is 11.9 Å². The largest absolute Gasteiger partial charge is 0.508 e. The van der Waals surface area contributed by atoms with E-state index in [1.807, 2.05) is 12.1 Å². The van der Waals surface area contributed by atoms with Gasteiger partial charge in [0.05, 0.1) is 33.0 Å². The van der Waals surface area contributed by atoms with Crippen molar-refractivity contribution < 1.29 is 24.2 Å². The number of carbonyl (C=O) groups excluding carboxylic acids is 2. The van der Waals surface area contributed by atoms with Crippen molar-refractivity contribution in [1.82, 2.24) is 5.43 Å². The minimum atomic E-state index is -1.26. The SMILES string of the molecule is CCCCCCCCCCCCOc1ccc(N=NC2C(=O)N(c3c(Cl)cc(Cl)cc3Cl)NC2=Nc2cc(NC(=O)C(CCCCCCCCCCCC)Oc3ccc(O)c(C)c3)ccc2Cl)cc1. The number of benzene rings is 4. The number of aryl methyl sites for hydroxylation is 1. The number of phenols is 1. The van der Waals surface area contributed by atoms with Gasteiger partial charge in [-0.3, -0.25) is 15.0 Å². The zero-order chi connectivity index (χ0) is 49.4. The molecule has 1 saturated heterocycles. The molecule has 5 rings (SSSR count). The first-order chi connectivity index (χ1) is 33.5. The Morgan fingerprint density at radius 2 is 1.28 bits per heavy atom. The van der Waals surface area contributed by atoms with Crippen LogP contribution in [-0.2, 0) is 9.59 Å². The predicted octanol–water partition coefficient (Wildman–Crippen LogP) is 17.0. The average molecular weight is 1030 g/mol. The zero-order valence-electron chi connectivity index (χ0n) is 40.5. The van der Waals surface area contributed by atoms with Crippen molar-refractivity contribution >= 4 is 86.8 Å². The number of hydrogen-bond acceptors (Lipinski definition) is 8. The van der Waals surface area contributed by atoms with E-state index in [4.69, 9.17) is 60.9 Å². The maximum atomic E-state index is 14.2. The van der Waals surface area contributed by atoms with Gasteiger partial charge in [-0.15, -0.1) is 0 Å². The Morgan fingerprint density at radius 3 is 1.87 bits per heavy atom. The van der Waals surface area contributed by atoms with E-state index in [0.29, 0.717) is 40.7 Å². The summed E-state index contributed by atoms with van der Waals surface area (Å²) in [6.07, 6.45) is 23.9. The normalized spacial score (nSPS) is 14.7. The number of anilines is 2. The molecule has 0 aliphatic carbocycles. The van der Waals surface area contributed by atoms with Gasteiger partial charge >= 0.3 is 0 Å². The van der Waals surface area contributed by atoms with E-state index in [2.05, 4.69) is 34.8 Å². The molecule has 0 bridgehead atoms. The molecule has 4 aromatic rings. The zero-order valence-corrected chi connectivity index (χ0v) is 43.5. The number of phenolic OH excluding ortho intramolecular Hbond substituents is 1. The molecule has 2 atom stereocenters. The quantitative estimate of drug-likeness (QED) is 0.0339. The maximum absolute atomic E-state index is 14.2. The number of rotatable bonds is 31. The Bertz CT molecular complexity index is 2270. The fourth-order valence-electron chi connectivity index (χ4n) is 8.04. The van der Waals surface area contributed by atoms with Crippen LogP contribution in [0.2, 0.25) is 20.1 Å². The number of aliphatic imine (C=N–C) groups is 1. The van der Waals surface area contributed by atoms with E-state index in [0.717, 1.165) is 42.9 Å². The molecule has 11 nitrogen and oxygen atoms in total. The standard InChI is InChI=1S/C54H70Cl4N6O5/c1-4-6-8-10-12-14-16-18-20-22-24-49(69-43-30-32-48(65)38(3)34-43)53(66)59-41-27-31-44(56)47(37-41)60-52-50(54(67)64(63-52)51-45(57)35-39(55)36-46(51)58)62-61-40-25-28-42(29-26-40)68-33-23-21-19-17-15-13-11-9-7-5-2/h25-32,34-37,49-50,65H,4-24,33H2,1-3H3,(H,59,66)(H,60,63). The molecule has 1 fully saturated rings. The number of azo groups is 1. The summed E-state index contributed by atoms with van der Waals surface area (Å²) in [5.41, 5.74) is 4.95. The number of aromatic hydroxyl groups is 1. The van der Waals surface area contributed by atoms with Gasteiger partial charge in [-0.1, -0.05) is 176 Å². The third-order valence-corrected chi connectivity index (χ3v) is 13.2. The van der Waals surface area contributed by atoms with Crippen molar-refractivity contribution in [2.75, 3.05) is 16.9 Å². The molecule has 0 aromatic heterocycles. The lowest BCUT2D eigenvalue weighted by Crippen LogP contribution is -2.36. The van der Waals surface area contributed by atoms with Crippen molar-refractivity contribution in [2.45, 2.75) is 168 Å². The van der Waals surface area contributed by atoms with Gasteiger partial charge in [-0.2, -0.15) is 10.2 Å². The highest BCUT2D eigenvalue weighted by Crippen LogP contribution is 2.39. The van der Waals surface area contributed by atoms with Crippen LogP contribution in [0.3, 0.4) is 0 Å². The molecule has 0 radical (unpaired) electrons. The summed E-state index contributed by atoms with van der Waals surface area (Å²) in [5.74, 6) is 0.512. The van der Waals surface area contributed by atoms with Crippen molar-refractivity contribution in [2.24, 2.45) is 15.2 Å². The summed E-state index contributed by atoms with van der Waals surface area (Å²) >= 11 is 26.1. The van der Waals surface area contributed by atoms with Crippen LogP contribution in [0.5, 0.6) is 17.2 Å². The van der Waals surface area contributed by atoms with Crippen LogP contribution in [0.25, 0.3) is 0 Å². The molecule has 1 aliphatic rings. The first-order valence-electron chi connectivity index (χ1n) is 25.0. The summed E-state index contributed by atoms with van der Waals surface area (Å²) in [5, 5.41) is 23.9. The lowest BCUT2D eigenvalue weighted by atomic mass is 10.0. The number of carbonyl (C=O) groups is 2. The summed E-state index contributed by atoms with van der Waals surface area (Å²) < 4.78 is 12.3. The fourth-order valence-corrected chi connectivity index (χ4v) is 9.19. The van der Waals surface area contributed by atoms with Crippen LogP contribution in [0, 0.1) is 6.92 Å². The van der Waals surface area contributed by atoms with Gasteiger partial charge in [0, 0.05) is 10.7 Å². The van der Waals surface area contributed by atoms with E-state index in [1.165, 1.54) is 108 Å². The molecule has 374 valence electrons. The Kier molecular flexibility index (Phi) is 24.3. The third-order valence-electron chi connectivity index (χ3n) is 12.1. The second kappa shape index (κ2) is 30.2. The average Bonchev–Trinajstić information content (AvgIpc) is 3.62. The number of hydrazine groups is 1. The topological polar surface area (TPSA) is 137 Å². The highest BCUT2D eigenvalue weighted by atomic mass is 35.5. The molecule has 2 amide bonds. The molecule has 69 heavy (non-hydrogen) atoms. The van der Waals surface area contributed by atoms with Crippen LogP contribution in [0.15, 0.2) is 88.0 Å². The minimum Gasteiger partial charge on any atom is -0.508 e. The maximum Gasteiger partial charge on any atom is 0.280 e. The summed E-state index contributed by atoms with van der Waals surface area (Å²) in [6, 6.07) is 18.7. The van der Waals surface area contributed by atoms with Gasteiger partial charge in [-0.05, 0) is 105 Å². The number of ether oxygens (including phenoxy) is 2. The van der Waals surface area contributed by atoms with Crippen LogP contribution in [0.1, 0.15) is 154 Å². The molecule has 3 N–H and O–H groups in total. The first-order valence-corrected chi connectivity index (χ1v) is 26.5. The number of nitrogens with zero attached hydrogens (tertiary/aromatic N) is 4.